The van der Waals surface area contributed by atoms with Crippen molar-refractivity contribution >= 4 is 21.5 Å². The van der Waals surface area contributed by atoms with Crippen LogP contribution in [0.25, 0.3) is 21.5 Å². The van der Waals surface area contributed by atoms with E-state index in [4.69, 9.17) is 0 Å². The molecule has 0 aliphatic rings. The summed E-state index contributed by atoms with van der Waals surface area (Å²) in [7, 11) is 0. The van der Waals surface area contributed by atoms with Crippen LogP contribution < -0.4 is 0 Å². The molecule has 0 spiro atoms. The molecule has 0 aliphatic carbocycles. The van der Waals surface area contributed by atoms with E-state index < -0.39 is 0 Å². The zero-order valence-corrected chi connectivity index (χ0v) is 12.2. The monoisotopic (exact) mass is 262 g/mol. The molecule has 0 heterocycles. The van der Waals surface area contributed by atoms with Crippen molar-refractivity contribution in [2.24, 2.45) is 0 Å². The quantitative estimate of drug-likeness (QED) is 0.384. The van der Waals surface area contributed by atoms with Crippen molar-refractivity contribution < 1.29 is 0 Å². The summed E-state index contributed by atoms with van der Waals surface area (Å²) in [5, 5.41) is 5.58. The van der Waals surface area contributed by atoms with Gasteiger partial charge in [0.1, 0.15) is 0 Å². The van der Waals surface area contributed by atoms with Crippen LogP contribution in [0.3, 0.4) is 0 Å². The van der Waals surface area contributed by atoms with Crippen molar-refractivity contribution in [2.75, 3.05) is 0 Å². The van der Waals surface area contributed by atoms with Crippen LogP contribution in [0.15, 0.2) is 54.6 Å². The van der Waals surface area contributed by atoms with E-state index in [1.807, 2.05) is 0 Å². The second-order valence-electron chi connectivity index (χ2n) is 5.61. The van der Waals surface area contributed by atoms with Crippen molar-refractivity contribution in [3.8, 4) is 0 Å². The molecule has 3 aromatic carbocycles. The molecule has 0 saturated heterocycles. The molecule has 0 aromatic heterocycles. The Balaban J connectivity index is 2.05. The van der Waals surface area contributed by atoms with Crippen LogP contribution in [0, 0.1) is 0 Å². The van der Waals surface area contributed by atoms with Crippen LogP contribution in [0.4, 0.5) is 0 Å². The van der Waals surface area contributed by atoms with Gasteiger partial charge in [0.25, 0.3) is 0 Å². The van der Waals surface area contributed by atoms with Gasteiger partial charge in [-0.25, -0.2) is 0 Å². The van der Waals surface area contributed by atoms with E-state index in [1.54, 1.807) is 0 Å². The molecular weight excluding hydrogens is 240 g/mol. The molecule has 0 unspecified atom stereocenters. The predicted octanol–water partition coefficient (Wildman–Crippen LogP) is 6.12. The fourth-order valence-corrected chi connectivity index (χ4v) is 3.08. The number of hydrogen-bond acceptors (Lipinski definition) is 0. The van der Waals surface area contributed by atoms with Gasteiger partial charge in [-0.2, -0.15) is 0 Å². The summed E-state index contributed by atoms with van der Waals surface area (Å²) in [4.78, 5) is 0. The van der Waals surface area contributed by atoms with Crippen molar-refractivity contribution in [3.05, 3.63) is 60.2 Å². The summed E-state index contributed by atoms with van der Waals surface area (Å²) in [6.07, 6.45) is 6.50. The normalized spacial score (nSPS) is 11.2. The van der Waals surface area contributed by atoms with Gasteiger partial charge >= 0.3 is 0 Å². The Hall–Kier alpha value is -1.82. The van der Waals surface area contributed by atoms with Gasteiger partial charge in [-0.1, -0.05) is 80.8 Å². The molecule has 0 saturated carbocycles. The Morgan fingerprint density at radius 1 is 0.700 bits per heavy atom. The maximum Gasteiger partial charge on any atom is -0.0103 e. The summed E-state index contributed by atoms with van der Waals surface area (Å²) < 4.78 is 0. The Morgan fingerprint density at radius 3 is 2.20 bits per heavy atom. The molecule has 0 radical (unpaired) electrons. The topological polar surface area (TPSA) is 0 Å². The molecular formula is C20H22. The van der Waals surface area contributed by atoms with Crippen molar-refractivity contribution in [1.82, 2.24) is 0 Å². The predicted molar refractivity (Wildman–Crippen MR) is 89.3 cm³/mol. The summed E-state index contributed by atoms with van der Waals surface area (Å²) in [5.74, 6) is 0. The zero-order chi connectivity index (χ0) is 13.8. The molecule has 0 nitrogen and oxygen atoms in total. The molecule has 102 valence electrons. The maximum atomic E-state index is 2.39. The second kappa shape index (κ2) is 6.09. The zero-order valence-electron chi connectivity index (χ0n) is 12.2. The molecule has 0 atom stereocenters. The molecule has 3 rings (SSSR count). The van der Waals surface area contributed by atoms with E-state index in [-0.39, 0.29) is 0 Å². The summed E-state index contributed by atoms with van der Waals surface area (Å²) in [5.41, 5.74) is 1.51. The Bertz CT molecular complexity index is 709. The number of aryl methyl sites for hydroxylation is 1. The highest BCUT2D eigenvalue weighted by Crippen LogP contribution is 2.29. The largest absolute Gasteiger partial charge is 0.0654 e. The lowest BCUT2D eigenvalue weighted by Crippen LogP contribution is -1.90. The lowest BCUT2D eigenvalue weighted by atomic mass is 9.94. The lowest BCUT2D eigenvalue weighted by Gasteiger charge is -2.10. The SMILES string of the molecule is CCCCCCc1cc2ccccc2c2ccccc12. The minimum Gasteiger partial charge on any atom is -0.0654 e. The fourth-order valence-electron chi connectivity index (χ4n) is 3.08. The summed E-state index contributed by atoms with van der Waals surface area (Å²) in [6.45, 7) is 2.27. The molecule has 0 bridgehead atoms. The van der Waals surface area contributed by atoms with Gasteiger partial charge in [-0.3, -0.25) is 0 Å². The van der Waals surface area contributed by atoms with Gasteiger partial charge in [0, 0.05) is 0 Å². The first kappa shape index (κ1) is 13.2. The van der Waals surface area contributed by atoms with Gasteiger partial charge < -0.3 is 0 Å². The third-order valence-electron chi connectivity index (χ3n) is 4.15. The summed E-state index contributed by atoms with van der Waals surface area (Å²) in [6, 6.07) is 20.0. The van der Waals surface area contributed by atoms with Crippen LogP contribution in [0.5, 0.6) is 0 Å². The first-order valence-electron chi connectivity index (χ1n) is 7.79. The highest BCUT2D eigenvalue weighted by atomic mass is 14.1. The van der Waals surface area contributed by atoms with E-state index in [0.29, 0.717) is 0 Å². The van der Waals surface area contributed by atoms with Crippen LogP contribution in [-0.4, -0.2) is 0 Å². The van der Waals surface area contributed by atoms with Crippen LogP contribution in [-0.2, 0) is 6.42 Å². The first-order chi connectivity index (χ1) is 9.90. The molecule has 20 heavy (non-hydrogen) atoms. The average Bonchev–Trinajstić information content (AvgIpc) is 2.51. The molecule has 0 aliphatic heterocycles. The van der Waals surface area contributed by atoms with Crippen molar-refractivity contribution in [3.63, 3.8) is 0 Å². The maximum absolute atomic E-state index is 2.39. The lowest BCUT2D eigenvalue weighted by molar-refractivity contribution is 0.668. The van der Waals surface area contributed by atoms with E-state index in [1.165, 1.54) is 59.2 Å². The Kier molecular flexibility index (Phi) is 4.01. The average molecular weight is 262 g/mol. The molecule has 0 heteroatoms. The third-order valence-corrected chi connectivity index (χ3v) is 4.15. The Morgan fingerprint density at radius 2 is 1.40 bits per heavy atom. The van der Waals surface area contributed by atoms with E-state index in [9.17, 15) is 0 Å². The van der Waals surface area contributed by atoms with Gasteiger partial charge in [0.2, 0.25) is 0 Å². The third kappa shape index (κ3) is 2.56. The smallest absolute Gasteiger partial charge is 0.0103 e. The molecule has 0 amide bonds. The molecule has 0 N–H and O–H groups in total. The highest BCUT2D eigenvalue weighted by Gasteiger charge is 2.05. The van der Waals surface area contributed by atoms with Gasteiger partial charge in [-0.15, -0.1) is 0 Å². The number of fused-ring (bicyclic) bond motifs is 3. The molecule has 0 fully saturated rings. The van der Waals surface area contributed by atoms with Crippen molar-refractivity contribution in [2.45, 2.75) is 39.0 Å². The van der Waals surface area contributed by atoms with Gasteiger partial charge in [0.05, 0.1) is 0 Å². The Labute approximate surface area is 121 Å². The highest BCUT2D eigenvalue weighted by molar-refractivity contribution is 6.08. The van der Waals surface area contributed by atoms with Crippen LogP contribution >= 0.6 is 0 Å². The first-order valence-corrected chi connectivity index (χ1v) is 7.79. The summed E-state index contributed by atoms with van der Waals surface area (Å²) >= 11 is 0. The van der Waals surface area contributed by atoms with E-state index in [2.05, 4.69) is 61.5 Å². The van der Waals surface area contributed by atoms with Crippen LogP contribution in [0.2, 0.25) is 0 Å². The number of rotatable bonds is 5. The van der Waals surface area contributed by atoms with Gasteiger partial charge in [0.15, 0.2) is 0 Å². The second-order valence-corrected chi connectivity index (χ2v) is 5.61. The standard InChI is InChI=1S/C20H22/c1-2-3-4-5-10-16-15-17-11-6-7-12-18(17)20-14-9-8-13-19(16)20/h6-9,11-15H,2-5,10H2,1H3. The van der Waals surface area contributed by atoms with E-state index in [0.717, 1.165) is 0 Å². The number of unbranched alkanes of at least 4 members (excludes halogenated alkanes) is 3. The van der Waals surface area contributed by atoms with Gasteiger partial charge in [-0.05, 0) is 39.9 Å². The number of benzene rings is 3. The minimum absolute atomic E-state index is 1.20. The van der Waals surface area contributed by atoms with Crippen LogP contribution in [0.1, 0.15) is 38.2 Å². The van der Waals surface area contributed by atoms with E-state index >= 15 is 0 Å². The number of hydrogen-bond donors (Lipinski definition) is 0. The minimum atomic E-state index is 1.20. The van der Waals surface area contributed by atoms with Crippen molar-refractivity contribution in [1.29, 1.82) is 0 Å². The molecule has 3 aromatic rings. The fraction of sp³-hybridized carbons (Fsp3) is 0.300.